The predicted octanol–water partition coefficient (Wildman–Crippen LogP) is 5.84. The second-order valence-electron chi connectivity index (χ2n) is 8.25. The van der Waals surface area contributed by atoms with Crippen LogP contribution in [0.3, 0.4) is 0 Å². The second kappa shape index (κ2) is 9.75. The Hall–Kier alpha value is -1.06. The van der Waals surface area contributed by atoms with Crippen molar-refractivity contribution in [2.75, 3.05) is 21.3 Å². The quantitative estimate of drug-likeness (QED) is 0.611. The highest BCUT2D eigenvalue weighted by Crippen LogP contribution is 2.44. The van der Waals surface area contributed by atoms with E-state index in [1.165, 1.54) is 63.4 Å². The molecule has 0 atom stereocenters. The van der Waals surface area contributed by atoms with E-state index in [0.29, 0.717) is 19.1 Å². The van der Waals surface area contributed by atoms with Crippen LogP contribution >= 0.6 is 0 Å². The summed E-state index contributed by atoms with van der Waals surface area (Å²) in [5.41, 5.74) is 3.75. The molecule has 0 aromatic heterocycles. The van der Waals surface area contributed by atoms with E-state index in [0.717, 1.165) is 28.7 Å². The fraction of sp³-hybridized carbons (Fsp3) is 0.739. The molecule has 0 spiro atoms. The molecule has 26 heavy (non-hydrogen) atoms. The standard InChI is InChI=1S/C23H36O3/c1-24-15-21-13-20(14-22(16-25-2)23(21)26-3)19-11-9-18(10-12-19)17-7-5-4-6-8-17/h13-14,17-19H,4-12,15-16H2,1-3H3. The van der Waals surface area contributed by atoms with Gasteiger partial charge in [0.1, 0.15) is 5.75 Å². The predicted molar refractivity (Wildman–Crippen MR) is 106 cm³/mol. The molecule has 0 aliphatic heterocycles. The molecule has 2 saturated carbocycles. The molecule has 0 bridgehead atoms. The number of rotatable bonds is 7. The van der Waals surface area contributed by atoms with Crippen molar-refractivity contribution >= 4 is 0 Å². The molecular weight excluding hydrogens is 324 g/mol. The van der Waals surface area contributed by atoms with E-state index in [-0.39, 0.29) is 0 Å². The maximum atomic E-state index is 5.66. The van der Waals surface area contributed by atoms with Crippen LogP contribution < -0.4 is 4.74 Å². The van der Waals surface area contributed by atoms with Gasteiger partial charge in [-0.25, -0.2) is 0 Å². The van der Waals surface area contributed by atoms with Crippen LogP contribution in [0.5, 0.6) is 5.75 Å². The van der Waals surface area contributed by atoms with Crippen molar-refractivity contribution in [3.63, 3.8) is 0 Å². The minimum atomic E-state index is 0.588. The lowest BCUT2D eigenvalue weighted by molar-refractivity contribution is 0.172. The monoisotopic (exact) mass is 360 g/mol. The lowest BCUT2D eigenvalue weighted by Gasteiger charge is -2.36. The zero-order valence-corrected chi connectivity index (χ0v) is 16.9. The van der Waals surface area contributed by atoms with Gasteiger partial charge in [0, 0.05) is 25.3 Å². The van der Waals surface area contributed by atoms with Crippen molar-refractivity contribution in [3.8, 4) is 5.75 Å². The highest BCUT2D eigenvalue weighted by molar-refractivity contribution is 5.45. The third-order valence-corrected chi connectivity index (χ3v) is 6.63. The average molecular weight is 361 g/mol. The number of benzene rings is 1. The fourth-order valence-electron chi connectivity index (χ4n) is 5.33. The van der Waals surface area contributed by atoms with Gasteiger partial charge in [-0.15, -0.1) is 0 Å². The van der Waals surface area contributed by atoms with E-state index in [1.54, 1.807) is 21.3 Å². The van der Waals surface area contributed by atoms with Crippen molar-refractivity contribution in [2.45, 2.75) is 76.9 Å². The van der Waals surface area contributed by atoms with Crippen LogP contribution in [0, 0.1) is 11.8 Å². The number of ether oxygens (including phenoxy) is 3. The normalized spacial score (nSPS) is 24.6. The van der Waals surface area contributed by atoms with Gasteiger partial charge in [0.15, 0.2) is 0 Å². The summed E-state index contributed by atoms with van der Waals surface area (Å²) >= 11 is 0. The van der Waals surface area contributed by atoms with Crippen LogP contribution in [-0.4, -0.2) is 21.3 Å². The van der Waals surface area contributed by atoms with Crippen molar-refractivity contribution in [1.29, 1.82) is 0 Å². The lowest BCUT2D eigenvalue weighted by atomic mass is 9.70. The van der Waals surface area contributed by atoms with Gasteiger partial charge in [0.2, 0.25) is 0 Å². The van der Waals surface area contributed by atoms with Gasteiger partial charge < -0.3 is 14.2 Å². The summed E-state index contributed by atoms with van der Waals surface area (Å²) in [6.45, 7) is 1.18. The summed E-state index contributed by atoms with van der Waals surface area (Å²) in [4.78, 5) is 0. The number of methoxy groups -OCH3 is 3. The van der Waals surface area contributed by atoms with Gasteiger partial charge in [0.05, 0.1) is 20.3 Å². The Labute approximate surface area is 159 Å². The molecule has 0 unspecified atom stereocenters. The van der Waals surface area contributed by atoms with Gasteiger partial charge in [0.25, 0.3) is 0 Å². The first-order valence-corrected chi connectivity index (χ1v) is 10.4. The molecular formula is C23H36O3. The highest BCUT2D eigenvalue weighted by Gasteiger charge is 2.29. The van der Waals surface area contributed by atoms with Gasteiger partial charge in [-0.05, 0) is 61.1 Å². The second-order valence-corrected chi connectivity index (χ2v) is 8.25. The summed E-state index contributed by atoms with van der Waals surface area (Å²) in [5, 5.41) is 0. The molecule has 3 nitrogen and oxygen atoms in total. The van der Waals surface area contributed by atoms with Gasteiger partial charge in [-0.2, -0.15) is 0 Å². The summed E-state index contributed by atoms with van der Waals surface area (Å²) < 4.78 is 16.5. The first-order chi connectivity index (χ1) is 12.8. The molecule has 0 amide bonds. The zero-order chi connectivity index (χ0) is 18.4. The van der Waals surface area contributed by atoms with Crippen LogP contribution in [0.15, 0.2) is 12.1 Å². The molecule has 1 aromatic rings. The first-order valence-electron chi connectivity index (χ1n) is 10.4. The molecule has 0 N–H and O–H groups in total. The molecule has 2 fully saturated rings. The maximum absolute atomic E-state index is 5.66. The van der Waals surface area contributed by atoms with Crippen molar-refractivity contribution < 1.29 is 14.2 Å². The van der Waals surface area contributed by atoms with Crippen molar-refractivity contribution in [3.05, 3.63) is 28.8 Å². The molecule has 3 rings (SSSR count). The lowest BCUT2D eigenvalue weighted by Crippen LogP contribution is -2.23. The van der Waals surface area contributed by atoms with Gasteiger partial charge in [-0.3, -0.25) is 0 Å². The SMILES string of the molecule is COCc1cc(C2CCC(C3CCCCC3)CC2)cc(COC)c1OC. The Morgan fingerprint density at radius 2 is 1.27 bits per heavy atom. The summed E-state index contributed by atoms with van der Waals surface area (Å²) in [7, 11) is 5.23. The number of hydrogen-bond donors (Lipinski definition) is 0. The third-order valence-electron chi connectivity index (χ3n) is 6.63. The Balaban J connectivity index is 1.72. The minimum Gasteiger partial charge on any atom is -0.496 e. The van der Waals surface area contributed by atoms with Crippen LogP contribution in [0.4, 0.5) is 0 Å². The summed E-state index contributed by atoms with van der Waals surface area (Å²) in [5.74, 6) is 3.58. The summed E-state index contributed by atoms with van der Waals surface area (Å²) in [6.07, 6.45) is 12.8. The van der Waals surface area contributed by atoms with Crippen LogP contribution in [-0.2, 0) is 22.7 Å². The molecule has 2 aliphatic carbocycles. The van der Waals surface area contributed by atoms with Crippen LogP contribution in [0.1, 0.15) is 80.4 Å². The van der Waals surface area contributed by atoms with E-state index in [4.69, 9.17) is 14.2 Å². The van der Waals surface area contributed by atoms with E-state index in [1.807, 2.05) is 0 Å². The molecule has 0 heterocycles. The van der Waals surface area contributed by atoms with E-state index in [9.17, 15) is 0 Å². The zero-order valence-electron chi connectivity index (χ0n) is 16.9. The van der Waals surface area contributed by atoms with Crippen LogP contribution in [0.25, 0.3) is 0 Å². The smallest absolute Gasteiger partial charge is 0.129 e. The Morgan fingerprint density at radius 1 is 0.731 bits per heavy atom. The van der Waals surface area contributed by atoms with Crippen LogP contribution in [0.2, 0.25) is 0 Å². The molecule has 3 heteroatoms. The van der Waals surface area contributed by atoms with E-state index < -0.39 is 0 Å². The van der Waals surface area contributed by atoms with Crippen molar-refractivity contribution in [2.24, 2.45) is 11.8 Å². The minimum absolute atomic E-state index is 0.588. The molecule has 1 aromatic carbocycles. The fourth-order valence-corrected chi connectivity index (χ4v) is 5.33. The highest BCUT2D eigenvalue weighted by atomic mass is 16.5. The molecule has 2 aliphatic rings. The molecule has 0 radical (unpaired) electrons. The largest absolute Gasteiger partial charge is 0.496 e. The average Bonchev–Trinajstić information content (AvgIpc) is 2.69. The summed E-state index contributed by atoms with van der Waals surface area (Å²) in [6, 6.07) is 4.63. The number of hydrogen-bond acceptors (Lipinski definition) is 3. The van der Waals surface area contributed by atoms with Gasteiger partial charge >= 0.3 is 0 Å². The Morgan fingerprint density at radius 3 is 1.77 bits per heavy atom. The van der Waals surface area contributed by atoms with Crippen molar-refractivity contribution in [1.82, 2.24) is 0 Å². The Bertz CT molecular complexity index is 528. The maximum Gasteiger partial charge on any atom is 0.129 e. The van der Waals surface area contributed by atoms with E-state index >= 15 is 0 Å². The van der Waals surface area contributed by atoms with Gasteiger partial charge in [-0.1, -0.05) is 32.1 Å². The molecule has 0 saturated heterocycles. The molecule has 146 valence electrons. The Kier molecular flexibility index (Phi) is 7.39. The first kappa shape index (κ1) is 19.7. The topological polar surface area (TPSA) is 27.7 Å². The third kappa shape index (κ3) is 4.61. The van der Waals surface area contributed by atoms with E-state index in [2.05, 4.69) is 12.1 Å².